The summed E-state index contributed by atoms with van der Waals surface area (Å²) in [4.78, 5) is 42.6. The summed E-state index contributed by atoms with van der Waals surface area (Å²) in [6, 6.07) is 5.16. The third-order valence-electron chi connectivity index (χ3n) is 7.87. The van der Waals surface area contributed by atoms with Crippen LogP contribution in [-0.4, -0.2) is 64.3 Å². The molecule has 2 N–H and O–H groups in total. The number of ether oxygens (including phenoxy) is 2. The summed E-state index contributed by atoms with van der Waals surface area (Å²) < 4.78 is 12.1. The molecule has 1 aromatic carbocycles. The van der Waals surface area contributed by atoms with E-state index in [1.54, 1.807) is 31.2 Å². The van der Waals surface area contributed by atoms with Crippen molar-refractivity contribution in [2.75, 3.05) is 18.5 Å². The molecular weight excluding hydrogens is 472 g/mol. The minimum Gasteiger partial charge on any atom is -0.466 e. The molecule has 3 saturated heterocycles. The van der Waals surface area contributed by atoms with Gasteiger partial charge in [-0.1, -0.05) is 32.4 Å². The average molecular weight is 507 g/mol. The number of esters is 1. The average Bonchev–Trinajstić information content (AvgIpc) is 3.42. The first-order chi connectivity index (χ1) is 16.6. The number of nitrogens with zero attached hydrogens (tertiary/aromatic N) is 1. The van der Waals surface area contributed by atoms with Crippen LogP contribution in [0.5, 0.6) is 0 Å². The van der Waals surface area contributed by atoms with Gasteiger partial charge in [0.2, 0.25) is 11.8 Å². The zero-order valence-corrected chi connectivity index (χ0v) is 21.5. The van der Waals surface area contributed by atoms with E-state index in [9.17, 15) is 19.5 Å². The fourth-order valence-electron chi connectivity index (χ4n) is 6.50. The summed E-state index contributed by atoms with van der Waals surface area (Å²) >= 11 is 5.99. The molecule has 2 bridgehead atoms. The Balaban J connectivity index is 1.79. The Kier molecular flexibility index (Phi) is 7.19. The lowest BCUT2D eigenvalue weighted by atomic mass is 9.65. The normalized spacial score (nSPS) is 32.1. The van der Waals surface area contributed by atoms with Crippen molar-refractivity contribution in [1.82, 2.24) is 4.90 Å². The summed E-state index contributed by atoms with van der Waals surface area (Å²) in [5.41, 5.74) is -1.47. The second-order valence-corrected chi connectivity index (χ2v) is 10.7. The lowest BCUT2D eigenvalue weighted by molar-refractivity contribution is -0.161. The number of rotatable bonds is 9. The number of fused-ring (bicyclic) bond motifs is 1. The Morgan fingerprint density at radius 3 is 2.51 bits per heavy atom. The first-order valence-corrected chi connectivity index (χ1v) is 12.9. The Hall–Kier alpha value is -2.16. The molecule has 6 atom stereocenters. The first-order valence-electron chi connectivity index (χ1n) is 12.5. The van der Waals surface area contributed by atoms with Gasteiger partial charge in [-0.05, 0) is 62.8 Å². The number of anilines is 1. The van der Waals surface area contributed by atoms with Crippen LogP contribution in [0.3, 0.4) is 0 Å². The lowest BCUT2D eigenvalue weighted by Crippen LogP contribution is -2.56. The monoisotopic (exact) mass is 506 g/mol. The highest BCUT2D eigenvalue weighted by molar-refractivity contribution is 6.30. The number of benzene rings is 1. The van der Waals surface area contributed by atoms with E-state index in [0.717, 1.165) is 0 Å². The molecule has 192 valence electrons. The van der Waals surface area contributed by atoms with Gasteiger partial charge < -0.3 is 24.8 Å². The second-order valence-electron chi connectivity index (χ2n) is 10.3. The van der Waals surface area contributed by atoms with Gasteiger partial charge in [0.05, 0.1) is 30.8 Å². The third kappa shape index (κ3) is 4.13. The fraction of sp³-hybridized carbons (Fsp3) is 0.654. The van der Waals surface area contributed by atoms with Gasteiger partial charge >= 0.3 is 5.97 Å². The molecule has 3 aliphatic rings. The molecule has 1 aromatic rings. The first kappa shape index (κ1) is 25.9. The zero-order valence-electron chi connectivity index (χ0n) is 20.8. The van der Waals surface area contributed by atoms with Crippen molar-refractivity contribution in [2.24, 2.45) is 17.8 Å². The molecule has 4 rings (SSSR count). The molecule has 0 radical (unpaired) electrons. The van der Waals surface area contributed by atoms with Gasteiger partial charge in [0.15, 0.2) is 0 Å². The van der Waals surface area contributed by atoms with Crippen LogP contribution in [0.25, 0.3) is 0 Å². The highest BCUT2D eigenvalue weighted by Gasteiger charge is 2.79. The largest absolute Gasteiger partial charge is 0.466 e. The number of likely N-dealkylation sites (tertiary alicyclic amines) is 1. The predicted molar refractivity (Wildman–Crippen MR) is 131 cm³/mol. The second kappa shape index (κ2) is 9.71. The van der Waals surface area contributed by atoms with Crippen LogP contribution in [0.1, 0.15) is 53.4 Å². The number of hydrogen-bond donors (Lipinski definition) is 2. The predicted octanol–water partition coefficient (Wildman–Crippen LogP) is 3.40. The maximum Gasteiger partial charge on any atom is 0.312 e. The smallest absolute Gasteiger partial charge is 0.312 e. The van der Waals surface area contributed by atoms with Crippen molar-refractivity contribution in [3.8, 4) is 0 Å². The van der Waals surface area contributed by atoms with E-state index in [-0.39, 0.29) is 25.0 Å². The molecular formula is C26H35ClN2O6. The molecule has 0 saturated carbocycles. The molecule has 0 aromatic heterocycles. The lowest BCUT2D eigenvalue weighted by Gasteiger charge is -2.37. The molecule has 9 heteroatoms. The van der Waals surface area contributed by atoms with Crippen LogP contribution in [0, 0.1) is 17.8 Å². The van der Waals surface area contributed by atoms with Crippen LogP contribution in [0.15, 0.2) is 24.3 Å². The molecule has 0 aliphatic carbocycles. The summed E-state index contributed by atoms with van der Waals surface area (Å²) in [6.45, 7) is 7.57. The molecule has 35 heavy (non-hydrogen) atoms. The molecule has 8 nitrogen and oxygen atoms in total. The van der Waals surface area contributed by atoms with Crippen molar-refractivity contribution >= 4 is 35.1 Å². The maximum absolute atomic E-state index is 14.1. The Bertz CT molecular complexity index is 985. The number of aliphatic hydroxyl groups is 1. The molecule has 3 aliphatic heterocycles. The number of halogens is 1. The van der Waals surface area contributed by atoms with Crippen molar-refractivity contribution < 1.29 is 29.0 Å². The van der Waals surface area contributed by atoms with Crippen LogP contribution in [0.4, 0.5) is 5.69 Å². The van der Waals surface area contributed by atoms with Gasteiger partial charge in [-0.3, -0.25) is 14.4 Å². The topological polar surface area (TPSA) is 105 Å². The van der Waals surface area contributed by atoms with Crippen LogP contribution < -0.4 is 5.32 Å². The summed E-state index contributed by atoms with van der Waals surface area (Å²) in [5.74, 6) is -2.63. The third-order valence-corrected chi connectivity index (χ3v) is 8.12. The van der Waals surface area contributed by atoms with Crippen molar-refractivity contribution in [3.63, 3.8) is 0 Å². The maximum atomic E-state index is 14.1. The standard InChI is InChI=1S/C26H35ClN2O6/c1-5-25-11-12-26(35-25)19(20(25)24(33)34-6-2)23(32)29(18(14-30)13-15(3)4)21(26)22(31)28-17-9-7-16(27)8-10-17/h7-10,15,18-21,30H,5-6,11-14H2,1-4H3,(H,28,31)/t18-,19+,20+,21?,25-,26?/m1/s1. The summed E-state index contributed by atoms with van der Waals surface area (Å²) in [6.07, 6.45) is 2.08. The number of carbonyl (C=O) groups excluding carboxylic acids is 3. The Morgan fingerprint density at radius 1 is 1.26 bits per heavy atom. The van der Waals surface area contributed by atoms with E-state index in [1.165, 1.54) is 4.90 Å². The van der Waals surface area contributed by atoms with Crippen LogP contribution in [0.2, 0.25) is 5.02 Å². The molecule has 3 fully saturated rings. The molecule has 1 spiro atoms. The van der Waals surface area contributed by atoms with E-state index in [4.69, 9.17) is 21.1 Å². The van der Waals surface area contributed by atoms with Gasteiger partial charge in [0.1, 0.15) is 17.6 Å². The van der Waals surface area contributed by atoms with E-state index in [1.807, 2.05) is 20.8 Å². The van der Waals surface area contributed by atoms with E-state index in [2.05, 4.69) is 5.32 Å². The highest BCUT2D eigenvalue weighted by Crippen LogP contribution is 2.64. The summed E-state index contributed by atoms with van der Waals surface area (Å²) in [5, 5.41) is 13.7. The fourth-order valence-corrected chi connectivity index (χ4v) is 6.63. The van der Waals surface area contributed by atoms with Crippen LogP contribution >= 0.6 is 11.6 Å². The van der Waals surface area contributed by atoms with Gasteiger partial charge in [-0.15, -0.1) is 0 Å². The van der Waals surface area contributed by atoms with Crippen LogP contribution in [-0.2, 0) is 23.9 Å². The zero-order chi connectivity index (χ0) is 25.5. The molecule has 2 unspecified atom stereocenters. The highest BCUT2D eigenvalue weighted by atomic mass is 35.5. The Labute approximate surface area is 211 Å². The van der Waals surface area contributed by atoms with Gasteiger partial charge in [-0.2, -0.15) is 0 Å². The Morgan fingerprint density at radius 2 is 1.94 bits per heavy atom. The molecule has 2 amide bonds. The van der Waals surface area contributed by atoms with Crippen molar-refractivity contribution in [2.45, 2.75) is 76.7 Å². The minimum absolute atomic E-state index is 0.179. The van der Waals surface area contributed by atoms with Gasteiger partial charge in [0, 0.05) is 10.7 Å². The van der Waals surface area contributed by atoms with Gasteiger partial charge in [0.25, 0.3) is 0 Å². The molecule has 3 heterocycles. The van der Waals surface area contributed by atoms with E-state index in [0.29, 0.717) is 36.4 Å². The SMILES string of the molecule is CCOC(=O)[C@@H]1[C@H]2C(=O)N([C@@H](CO)CC(C)C)C(C(=O)Nc3ccc(Cl)cc3)C23CC[C@@]1(CC)O3. The number of amides is 2. The van der Waals surface area contributed by atoms with Gasteiger partial charge in [-0.25, -0.2) is 0 Å². The van der Waals surface area contributed by atoms with Crippen molar-refractivity contribution in [3.05, 3.63) is 29.3 Å². The number of nitrogens with one attached hydrogen (secondary N) is 1. The number of aliphatic hydroxyl groups excluding tert-OH is 1. The number of carbonyl (C=O) groups is 3. The van der Waals surface area contributed by atoms with E-state index >= 15 is 0 Å². The number of hydrogen-bond acceptors (Lipinski definition) is 6. The van der Waals surface area contributed by atoms with Crippen molar-refractivity contribution in [1.29, 1.82) is 0 Å². The summed E-state index contributed by atoms with van der Waals surface area (Å²) in [7, 11) is 0. The van der Waals surface area contributed by atoms with E-state index < -0.39 is 47.0 Å². The minimum atomic E-state index is -1.16. The quantitative estimate of drug-likeness (QED) is 0.497.